The van der Waals surface area contributed by atoms with Crippen molar-refractivity contribution in [3.05, 3.63) is 59.3 Å². The molecule has 0 atom stereocenters. The van der Waals surface area contributed by atoms with E-state index in [2.05, 4.69) is 30.2 Å². The Morgan fingerprint density at radius 1 is 0.941 bits per heavy atom. The monoisotopic (exact) mass is 463 g/mol. The topological polar surface area (TPSA) is 60.5 Å². The fraction of sp³-hybridized carbons (Fsp3) is 0.483. The highest BCUT2D eigenvalue weighted by atomic mass is 16.5. The smallest absolute Gasteiger partial charge is 0.195 e. The van der Waals surface area contributed by atoms with Gasteiger partial charge >= 0.3 is 0 Å². The van der Waals surface area contributed by atoms with Gasteiger partial charge < -0.3 is 19.9 Å². The Hall–Kier alpha value is -2.79. The van der Waals surface area contributed by atoms with Gasteiger partial charge in [0.05, 0.1) is 17.7 Å². The standard InChI is InChI=1S/C29H41N3O2/c1-5-8-18-32(19-9-6-2)20-11-21-34-23-16-14-22(15-17-23)29(33)28-25(7-3)31(4)26-13-10-12-24(30)27(26)28/h10,12-17H,5-9,11,18-21,30H2,1-4H3. The number of benzene rings is 2. The molecule has 34 heavy (non-hydrogen) atoms. The Kier molecular flexibility index (Phi) is 9.58. The normalized spacial score (nSPS) is 11.4. The SMILES string of the molecule is CCCCN(CCCC)CCCOc1ccc(C(=O)c2c(CC)n(C)c3cccc(N)c23)cc1. The fourth-order valence-corrected chi connectivity index (χ4v) is 4.65. The number of anilines is 1. The molecule has 2 N–H and O–H groups in total. The molecule has 0 bridgehead atoms. The van der Waals surface area contributed by atoms with Gasteiger partial charge in [-0.3, -0.25) is 4.79 Å². The number of carbonyl (C=O) groups is 1. The van der Waals surface area contributed by atoms with Crippen LogP contribution in [0.25, 0.3) is 10.9 Å². The summed E-state index contributed by atoms with van der Waals surface area (Å²) in [4.78, 5) is 16.1. The van der Waals surface area contributed by atoms with Gasteiger partial charge in [-0.25, -0.2) is 0 Å². The Balaban J connectivity index is 1.64. The van der Waals surface area contributed by atoms with Gasteiger partial charge in [0.1, 0.15) is 5.75 Å². The number of nitrogen functional groups attached to an aromatic ring is 1. The molecule has 5 nitrogen and oxygen atoms in total. The number of aromatic nitrogens is 1. The molecule has 0 unspecified atom stereocenters. The highest BCUT2D eigenvalue weighted by molar-refractivity contribution is 6.20. The molecule has 0 amide bonds. The average Bonchev–Trinajstić information content (AvgIpc) is 3.15. The van der Waals surface area contributed by atoms with E-state index >= 15 is 0 Å². The van der Waals surface area contributed by atoms with E-state index < -0.39 is 0 Å². The van der Waals surface area contributed by atoms with Gasteiger partial charge in [-0.05, 0) is 75.2 Å². The maximum Gasteiger partial charge on any atom is 0.195 e. The molecule has 2 aromatic carbocycles. The minimum atomic E-state index is 0.00869. The minimum absolute atomic E-state index is 0.00869. The van der Waals surface area contributed by atoms with Crippen LogP contribution < -0.4 is 10.5 Å². The molecule has 0 saturated heterocycles. The zero-order valence-electron chi connectivity index (χ0n) is 21.4. The van der Waals surface area contributed by atoms with Crippen molar-refractivity contribution in [1.29, 1.82) is 0 Å². The van der Waals surface area contributed by atoms with E-state index in [1.165, 1.54) is 38.8 Å². The van der Waals surface area contributed by atoms with Crippen molar-refractivity contribution in [2.24, 2.45) is 7.05 Å². The first kappa shape index (κ1) is 25.8. The van der Waals surface area contributed by atoms with Crippen LogP contribution in [-0.2, 0) is 13.5 Å². The molecule has 3 rings (SSSR count). The van der Waals surface area contributed by atoms with Crippen molar-refractivity contribution in [3.63, 3.8) is 0 Å². The van der Waals surface area contributed by atoms with Crippen molar-refractivity contribution < 1.29 is 9.53 Å². The third kappa shape index (κ3) is 6.01. The molecular weight excluding hydrogens is 422 g/mol. The summed E-state index contributed by atoms with van der Waals surface area (Å²) in [6, 6.07) is 13.3. The lowest BCUT2D eigenvalue weighted by Gasteiger charge is -2.21. The lowest BCUT2D eigenvalue weighted by molar-refractivity contribution is 0.103. The number of nitrogens with two attached hydrogens (primary N) is 1. The number of carbonyl (C=O) groups excluding carboxylic acids is 1. The summed E-state index contributed by atoms with van der Waals surface area (Å²) in [6.07, 6.45) is 6.73. The predicted molar refractivity (Wildman–Crippen MR) is 143 cm³/mol. The third-order valence-electron chi connectivity index (χ3n) is 6.60. The molecule has 3 aromatic rings. The Bertz CT molecular complexity index is 1060. The van der Waals surface area contributed by atoms with E-state index in [-0.39, 0.29) is 5.78 Å². The van der Waals surface area contributed by atoms with E-state index in [4.69, 9.17) is 10.5 Å². The first-order valence-corrected chi connectivity index (χ1v) is 12.9. The first-order valence-electron chi connectivity index (χ1n) is 12.9. The van der Waals surface area contributed by atoms with E-state index in [0.29, 0.717) is 23.4 Å². The molecule has 184 valence electrons. The quantitative estimate of drug-likeness (QED) is 0.175. The van der Waals surface area contributed by atoms with Crippen LogP contribution in [0, 0.1) is 0 Å². The van der Waals surface area contributed by atoms with Crippen LogP contribution in [0.4, 0.5) is 5.69 Å². The number of unbranched alkanes of at least 4 members (excludes halogenated alkanes) is 2. The second-order valence-corrected chi connectivity index (χ2v) is 9.08. The number of ketones is 1. The van der Waals surface area contributed by atoms with Gasteiger partial charge in [0.25, 0.3) is 0 Å². The molecule has 1 aromatic heterocycles. The molecular formula is C29H41N3O2. The van der Waals surface area contributed by atoms with Crippen LogP contribution >= 0.6 is 0 Å². The van der Waals surface area contributed by atoms with Crippen LogP contribution in [-0.4, -0.2) is 41.5 Å². The van der Waals surface area contributed by atoms with Crippen molar-refractivity contribution in [1.82, 2.24) is 9.47 Å². The second-order valence-electron chi connectivity index (χ2n) is 9.08. The maximum atomic E-state index is 13.5. The number of hydrogen-bond acceptors (Lipinski definition) is 4. The number of aryl methyl sites for hydroxylation is 1. The summed E-state index contributed by atoms with van der Waals surface area (Å²) in [6.45, 7) is 10.7. The lowest BCUT2D eigenvalue weighted by Crippen LogP contribution is -2.28. The Morgan fingerprint density at radius 2 is 1.59 bits per heavy atom. The van der Waals surface area contributed by atoms with Crippen molar-refractivity contribution in [3.8, 4) is 5.75 Å². The molecule has 0 aliphatic rings. The minimum Gasteiger partial charge on any atom is -0.494 e. The number of ether oxygens (including phenoxy) is 1. The molecule has 0 saturated carbocycles. The molecule has 0 fully saturated rings. The molecule has 0 radical (unpaired) electrons. The fourth-order valence-electron chi connectivity index (χ4n) is 4.65. The van der Waals surface area contributed by atoms with Gasteiger partial charge in [0, 0.05) is 35.9 Å². The Morgan fingerprint density at radius 3 is 2.21 bits per heavy atom. The summed E-state index contributed by atoms with van der Waals surface area (Å²) < 4.78 is 8.07. The number of rotatable bonds is 14. The Labute approximate surface area is 204 Å². The van der Waals surface area contributed by atoms with E-state index in [1.54, 1.807) is 0 Å². The summed E-state index contributed by atoms with van der Waals surface area (Å²) in [5, 5.41) is 0.850. The number of fused-ring (bicyclic) bond motifs is 1. The van der Waals surface area contributed by atoms with Gasteiger partial charge in [0.2, 0.25) is 0 Å². The molecule has 0 aliphatic carbocycles. The predicted octanol–water partition coefficient (Wildman–Crippen LogP) is 6.23. The molecule has 5 heteroatoms. The lowest BCUT2D eigenvalue weighted by atomic mass is 9.98. The molecule has 0 aliphatic heterocycles. The van der Waals surface area contributed by atoms with Crippen LogP contribution in [0.1, 0.15) is 74.5 Å². The maximum absolute atomic E-state index is 13.5. The molecule has 1 heterocycles. The summed E-state index contributed by atoms with van der Waals surface area (Å²) in [5.41, 5.74) is 10.3. The summed E-state index contributed by atoms with van der Waals surface area (Å²) >= 11 is 0. The summed E-state index contributed by atoms with van der Waals surface area (Å²) in [5.74, 6) is 0.813. The summed E-state index contributed by atoms with van der Waals surface area (Å²) in [7, 11) is 2.00. The van der Waals surface area contributed by atoms with Crippen molar-refractivity contribution in [2.45, 2.75) is 59.3 Å². The van der Waals surface area contributed by atoms with Crippen LogP contribution in [0.15, 0.2) is 42.5 Å². The van der Waals surface area contributed by atoms with Gasteiger partial charge in [-0.2, -0.15) is 0 Å². The van der Waals surface area contributed by atoms with E-state index in [9.17, 15) is 4.79 Å². The number of hydrogen-bond donors (Lipinski definition) is 1. The van der Waals surface area contributed by atoms with E-state index in [1.807, 2.05) is 49.5 Å². The van der Waals surface area contributed by atoms with E-state index in [0.717, 1.165) is 41.7 Å². The first-order chi connectivity index (χ1) is 16.5. The highest BCUT2D eigenvalue weighted by Gasteiger charge is 2.22. The van der Waals surface area contributed by atoms with Gasteiger partial charge in [0.15, 0.2) is 5.78 Å². The van der Waals surface area contributed by atoms with Gasteiger partial charge in [-0.1, -0.05) is 39.7 Å². The molecule has 0 spiro atoms. The van der Waals surface area contributed by atoms with Crippen molar-refractivity contribution in [2.75, 3.05) is 32.0 Å². The third-order valence-corrected chi connectivity index (χ3v) is 6.60. The van der Waals surface area contributed by atoms with Crippen molar-refractivity contribution >= 4 is 22.4 Å². The van der Waals surface area contributed by atoms with Gasteiger partial charge in [-0.15, -0.1) is 0 Å². The largest absolute Gasteiger partial charge is 0.494 e. The highest BCUT2D eigenvalue weighted by Crippen LogP contribution is 2.32. The van der Waals surface area contributed by atoms with Crippen LogP contribution in [0.5, 0.6) is 5.75 Å². The number of nitrogens with zero attached hydrogens (tertiary/aromatic N) is 2. The zero-order chi connectivity index (χ0) is 24.5. The zero-order valence-corrected chi connectivity index (χ0v) is 21.4. The second kappa shape index (κ2) is 12.6. The van der Waals surface area contributed by atoms with Crippen LogP contribution in [0.2, 0.25) is 0 Å². The van der Waals surface area contributed by atoms with Crippen LogP contribution in [0.3, 0.4) is 0 Å². The average molecular weight is 464 g/mol.